The molecule has 3 atom stereocenters. The van der Waals surface area contributed by atoms with Gasteiger partial charge in [0.05, 0.1) is 18.1 Å². The van der Waals surface area contributed by atoms with Gasteiger partial charge in [0.2, 0.25) is 11.8 Å². The molecule has 0 aromatic heterocycles. The van der Waals surface area contributed by atoms with Crippen LogP contribution in [-0.4, -0.2) is 59.5 Å². The molecule has 3 aliphatic rings. The Balaban J connectivity index is 1.51. The largest absolute Gasteiger partial charge is 0.375 e. The van der Waals surface area contributed by atoms with Gasteiger partial charge in [-0.2, -0.15) is 0 Å². The number of nitrogens with zero attached hydrogens (tertiary/aromatic N) is 2. The minimum atomic E-state index is -0.415. The fraction of sp³-hybridized carbons (Fsp3) is 0.600. The Morgan fingerprint density at radius 3 is 2.66 bits per heavy atom. The summed E-state index contributed by atoms with van der Waals surface area (Å²) in [5.41, 5.74) is 0.354. The van der Waals surface area contributed by atoms with E-state index in [9.17, 15) is 14.0 Å². The van der Waals surface area contributed by atoms with Gasteiger partial charge in [-0.3, -0.25) is 9.59 Å². The normalized spacial score (nSPS) is 28.8. The molecule has 32 heavy (non-hydrogen) atoms. The maximum absolute atomic E-state index is 14.1. The Labute approximate surface area is 194 Å². The summed E-state index contributed by atoms with van der Waals surface area (Å²) < 4.78 is 20.1. The lowest BCUT2D eigenvalue weighted by atomic mass is 9.69. The Kier molecular flexibility index (Phi) is 6.14. The SMILES string of the molecule is C=CC(=O)N1CC2(CCN(C(=O)[C@@H]3COC(C)(C)C[C@@H]3c3cc(F)ccc3Cl)[C@@H](C)C2)C1. The highest BCUT2D eigenvalue weighted by molar-refractivity contribution is 6.31. The third kappa shape index (κ3) is 4.32. The van der Waals surface area contributed by atoms with Crippen LogP contribution in [0.25, 0.3) is 0 Å². The second kappa shape index (κ2) is 8.45. The van der Waals surface area contributed by atoms with Crippen LogP contribution in [-0.2, 0) is 14.3 Å². The molecule has 3 fully saturated rings. The topological polar surface area (TPSA) is 49.9 Å². The second-order valence-corrected chi connectivity index (χ2v) is 10.8. The molecule has 3 saturated heterocycles. The highest BCUT2D eigenvalue weighted by atomic mass is 35.5. The van der Waals surface area contributed by atoms with Gasteiger partial charge in [-0.1, -0.05) is 18.2 Å². The maximum Gasteiger partial charge on any atom is 0.245 e. The first-order valence-corrected chi connectivity index (χ1v) is 11.7. The number of piperidine rings is 1. The lowest BCUT2D eigenvalue weighted by Gasteiger charge is -2.56. The predicted molar refractivity (Wildman–Crippen MR) is 122 cm³/mol. The van der Waals surface area contributed by atoms with Gasteiger partial charge in [0, 0.05) is 42.0 Å². The fourth-order valence-electron chi connectivity index (χ4n) is 5.82. The van der Waals surface area contributed by atoms with E-state index in [4.69, 9.17) is 16.3 Å². The zero-order valence-electron chi connectivity index (χ0n) is 19.1. The zero-order chi connectivity index (χ0) is 23.3. The van der Waals surface area contributed by atoms with Gasteiger partial charge in [0.25, 0.3) is 0 Å². The second-order valence-electron chi connectivity index (χ2n) is 10.4. The summed E-state index contributed by atoms with van der Waals surface area (Å²) in [4.78, 5) is 29.3. The average Bonchev–Trinajstić information content (AvgIpc) is 2.72. The standard InChI is InChI=1S/C25H32ClFN2O3/c1-5-22(30)28-14-25(15-28)8-9-29(16(2)11-25)23(31)20-13-32-24(3,4)12-19(20)18-10-17(27)6-7-21(18)26/h5-7,10,16,19-20H,1,8-9,11-15H2,2-4H3/t16-,19+,20+/m0/s1. The Morgan fingerprint density at radius 1 is 1.28 bits per heavy atom. The first kappa shape index (κ1) is 23.2. The van der Waals surface area contributed by atoms with Crippen molar-refractivity contribution in [2.24, 2.45) is 11.3 Å². The van der Waals surface area contributed by atoms with Gasteiger partial charge < -0.3 is 14.5 Å². The minimum Gasteiger partial charge on any atom is -0.375 e. The summed E-state index contributed by atoms with van der Waals surface area (Å²) in [5.74, 6) is -0.942. The first-order chi connectivity index (χ1) is 15.0. The van der Waals surface area contributed by atoms with E-state index in [1.165, 1.54) is 18.2 Å². The van der Waals surface area contributed by atoms with Crippen LogP contribution in [0.2, 0.25) is 5.02 Å². The number of benzene rings is 1. The van der Waals surface area contributed by atoms with E-state index in [2.05, 4.69) is 13.5 Å². The molecular formula is C25H32ClFN2O3. The van der Waals surface area contributed by atoms with Gasteiger partial charge in [0.1, 0.15) is 5.82 Å². The van der Waals surface area contributed by atoms with Crippen LogP contribution in [0, 0.1) is 17.2 Å². The van der Waals surface area contributed by atoms with Gasteiger partial charge in [-0.05, 0) is 69.9 Å². The number of halogens is 2. The first-order valence-electron chi connectivity index (χ1n) is 11.3. The third-order valence-electron chi connectivity index (χ3n) is 7.49. The number of rotatable bonds is 3. The van der Waals surface area contributed by atoms with Crippen LogP contribution in [0.3, 0.4) is 0 Å². The number of hydrogen-bond donors (Lipinski definition) is 0. The fourth-order valence-corrected chi connectivity index (χ4v) is 6.08. The number of ether oxygens (including phenoxy) is 1. The van der Waals surface area contributed by atoms with Gasteiger partial charge in [-0.15, -0.1) is 0 Å². The molecule has 0 bridgehead atoms. The van der Waals surface area contributed by atoms with Gasteiger partial charge >= 0.3 is 0 Å². The third-order valence-corrected chi connectivity index (χ3v) is 7.84. The summed E-state index contributed by atoms with van der Waals surface area (Å²) in [7, 11) is 0. The quantitative estimate of drug-likeness (QED) is 0.625. The highest BCUT2D eigenvalue weighted by Crippen LogP contribution is 2.46. The molecule has 174 valence electrons. The van der Waals surface area contributed by atoms with E-state index in [0.29, 0.717) is 30.2 Å². The average molecular weight is 463 g/mol. The highest BCUT2D eigenvalue weighted by Gasteiger charge is 2.50. The summed E-state index contributed by atoms with van der Waals surface area (Å²) in [6.45, 7) is 12.0. The molecule has 2 amide bonds. The van der Waals surface area contributed by atoms with E-state index in [1.807, 2.05) is 23.6 Å². The summed E-state index contributed by atoms with van der Waals surface area (Å²) in [5, 5.41) is 0.485. The minimum absolute atomic E-state index is 0.0291. The van der Waals surface area contributed by atoms with E-state index in [1.54, 1.807) is 6.07 Å². The molecular weight excluding hydrogens is 431 g/mol. The van der Waals surface area contributed by atoms with E-state index in [-0.39, 0.29) is 35.0 Å². The van der Waals surface area contributed by atoms with Crippen molar-refractivity contribution >= 4 is 23.4 Å². The van der Waals surface area contributed by atoms with Gasteiger partial charge in [-0.25, -0.2) is 4.39 Å². The van der Waals surface area contributed by atoms with Crippen LogP contribution in [0.15, 0.2) is 30.9 Å². The summed E-state index contributed by atoms with van der Waals surface area (Å²) in [6.07, 6.45) is 3.69. The number of likely N-dealkylation sites (tertiary alicyclic amines) is 2. The maximum atomic E-state index is 14.1. The van der Waals surface area contributed by atoms with Crippen molar-refractivity contribution in [3.63, 3.8) is 0 Å². The molecule has 0 radical (unpaired) electrons. The molecule has 3 heterocycles. The Bertz CT molecular complexity index is 928. The predicted octanol–water partition coefficient (Wildman–Crippen LogP) is 4.40. The monoisotopic (exact) mass is 462 g/mol. The van der Waals surface area contributed by atoms with Crippen molar-refractivity contribution < 1.29 is 18.7 Å². The molecule has 5 nitrogen and oxygen atoms in total. The molecule has 3 aliphatic heterocycles. The molecule has 0 aliphatic carbocycles. The van der Waals surface area contributed by atoms with Crippen molar-refractivity contribution in [3.05, 3.63) is 47.3 Å². The number of amides is 2. The molecule has 0 N–H and O–H groups in total. The molecule has 1 spiro atoms. The molecule has 7 heteroatoms. The summed E-state index contributed by atoms with van der Waals surface area (Å²) >= 11 is 6.45. The lowest BCUT2D eigenvalue weighted by Crippen LogP contribution is -2.64. The van der Waals surface area contributed by atoms with Crippen molar-refractivity contribution in [1.82, 2.24) is 9.80 Å². The Hall–Kier alpha value is -1.92. The molecule has 0 saturated carbocycles. The van der Waals surface area contributed by atoms with Crippen LogP contribution < -0.4 is 0 Å². The molecule has 0 unspecified atom stereocenters. The van der Waals surface area contributed by atoms with E-state index in [0.717, 1.165) is 25.9 Å². The van der Waals surface area contributed by atoms with Crippen molar-refractivity contribution in [1.29, 1.82) is 0 Å². The smallest absolute Gasteiger partial charge is 0.245 e. The summed E-state index contributed by atoms with van der Waals surface area (Å²) in [6, 6.07) is 4.44. The number of carbonyl (C=O) groups is 2. The van der Waals surface area contributed by atoms with Crippen LogP contribution >= 0.6 is 11.6 Å². The van der Waals surface area contributed by atoms with Crippen LogP contribution in [0.4, 0.5) is 4.39 Å². The number of hydrogen-bond acceptors (Lipinski definition) is 3. The zero-order valence-corrected chi connectivity index (χ0v) is 19.8. The van der Waals surface area contributed by atoms with E-state index < -0.39 is 11.5 Å². The molecule has 1 aromatic rings. The molecule has 4 rings (SSSR count). The van der Waals surface area contributed by atoms with Crippen LogP contribution in [0.1, 0.15) is 51.5 Å². The number of carbonyl (C=O) groups excluding carboxylic acids is 2. The van der Waals surface area contributed by atoms with E-state index >= 15 is 0 Å². The van der Waals surface area contributed by atoms with Crippen molar-refractivity contribution in [2.45, 2.75) is 57.6 Å². The van der Waals surface area contributed by atoms with Crippen LogP contribution in [0.5, 0.6) is 0 Å². The van der Waals surface area contributed by atoms with Crippen molar-refractivity contribution in [3.8, 4) is 0 Å². The Morgan fingerprint density at radius 2 is 2.00 bits per heavy atom. The molecule has 1 aromatic carbocycles. The van der Waals surface area contributed by atoms with Gasteiger partial charge in [0.15, 0.2) is 0 Å². The lowest BCUT2D eigenvalue weighted by molar-refractivity contribution is -0.160. The van der Waals surface area contributed by atoms with Crippen molar-refractivity contribution in [2.75, 3.05) is 26.2 Å².